The number of amides is 1. The van der Waals surface area contributed by atoms with E-state index in [2.05, 4.69) is 23.6 Å². The first-order valence-corrected chi connectivity index (χ1v) is 10.1. The summed E-state index contributed by atoms with van der Waals surface area (Å²) in [6.07, 6.45) is 2.95. The van der Waals surface area contributed by atoms with Crippen LogP contribution in [-0.2, 0) is 0 Å². The summed E-state index contributed by atoms with van der Waals surface area (Å²) < 4.78 is 13.8. The molecular formula is C21H25FN2OS. The summed E-state index contributed by atoms with van der Waals surface area (Å²) in [7, 11) is 0. The number of likely N-dealkylation sites (tertiary alicyclic amines) is 1. The van der Waals surface area contributed by atoms with Gasteiger partial charge in [0.2, 0.25) is 0 Å². The van der Waals surface area contributed by atoms with E-state index in [1.807, 2.05) is 24.4 Å². The number of hydrogen-bond acceptors (Lipinski definition) is 3. The molecular weight excluding hydrogens is 347 g/mol. The van der Waals surface area contributed by atoms with Crippen molar-refractivity contribution in [2.24, 2.45) is 0 Å². The maximum atomic E-state index is 13.8. The fourth-order valence-corrected chi connectivity index (χ4v) is 5.68. The number of benzene rings is 1. The predicted octanol–water partition coefficient (Wildman–Crippen LogP) is 4.86. The normalized spacial score (nSPS) is 24.6. The van der Waals surface area contributed by atoms with E-state index in [4.69, 9.17) is 0 Å². The van der Waals surface area contributed by atoms with Crippen molar-refractivity contribution in [1.82, 2.24) is 4.90 Å². The molecule has 1 spiro atoms. The van der Waals surface area contributed by atoms with Crippen LogP contribution in [0.1, 0.15) is 48.3 Å². The highest BCUT2D eigenvalue weighted by Gasteiger charge is 2.55. The number of anilines is 1. The van der Waals surface area contributed by atoms with Gasteiger partial charge in [-0.3, -0.25) is 4.79 Å². The van der Waals surface area contributed by atoms with Crippen molar-refractivity contribution in [2.75, 3.05) is 18.0 Å². The van der Waals surface area contributed by atoms with Crippen LogP contribution in [0.25, 0.3) is 0 Å². The Morgan fingerprint density at radius 3 is 2.77 bits per heavy atom. The molecule has 1 atom stereocenters. The van der Waals surface area contributed by atoms with Gasteiger partial charge in [0.05, 0.1) is 10.4 Å². The van der Waals surface area contributed by atoms with Gasteiger partial charge in [0.25, 0.3) is 5.91 Å². The quantitative estimate of drug-likeness (QED) is 0.752. The minimum atomic E-state index is -0.215. The van der Waals surface area contributed by atoms with Gasteiger partial charge in [-0.15, -0.1) is 11.3 Å². The van der Waals surface area contributed by atoms with Crippen molar-refractivity contribution in [3.8, 4) is 0 Å². The molecule has 0 radical (unpaired) electrons. The Morgan fingerprint density at radius 1 is 1.27 bits per heavy atom. The lowest BCUT2D eigenvalue weighted by atomic mass is 9.87. The fourth-order valence-electron chi connectivity index (χ4n) is 4.83. The first-order valence-electron chi connectivity index (χ1n) is 9.21. The van der Waals surface area contributed by atoms with Crippen LogP contribution >= 0.6 is 11.3 Å². The molecule has 1 amide bonds. The monoisotopic (exact) mass is 372 g/mol. The first kappa shape index (κ1) is 17.5. The standard InChI is InChI=1S/C21H25FN2OS/c1-15-10-18(26-12-15)19(25)23-9-5-8-21(23)13-20(2,3)24(14-21)17-7-4-6-16(22)11-17/h4,6-7,10-12H,5,8-9,13-14H2,1-3H3. The molecule has 0 saturated carbocycles. The molecule has 3 nitrogen and oxygen atoms in total. The third-order valence-electron chi connectivity index (χ3n) is 5.85. The topological polar surface area (TPSA) is 23.6 Å². The van der Waals surface area contributed by atoms with E-state index in [1.54, 1.807) is 12.1 Å². The zero-order valence-electron chi connectivity index (χ0n) is 15.6. The summed E-state index contributed by atoms with van der Waals surface area (Å²) in [5, 5.41) is 2.04. The van der Waals surface area contributed by atoms with E-state index in [0.29, 0.717) is 0 Å². The molecule has 5 heteroatoms. The molecule has 1 aromatic heterocycles. The van der Waals surface area contributed by atoms with Crippen molar-refractivity contribution >= 4 is 22.9 Å². The Balaban J connectivity index is 1.66. The molecule has 2 aromatic rings. The molecule has 2 saturated heterocycles. The summed E-state index contributed by atoms with van der Waals surface area (Å²) in [5.41, 5.74) is 1.75. The summed E-state index contributed by atoms with van der Waals surface area (Å²) in [6.45, 7) is 7.99. The van der Waals surface area contributed by atoms with Crippen LogP contribution in [0.15, 0.2) is 35.7 Å². The highest BCUT2D eigenvalue weighted by Crippen LogP contribution is 2.47. The molecule has 1 unspecified atom stereocenters. The van der Waals surface area contributed by atoms with Crippen molar-refractivity contribution in [3.63, 3.8) is 0 Å². The van der Waals surface area contributed by atoms with Crippen LogP contribution in [0.3, 0.4) is 0 Å². The molecule has 2 aliphatic heterocycles. The second-order valence-electron chi connectivity index (χ2n) is 8.33. The Hall–Kier alpha value is -1.88. The van der Waals surface area contributed by atoms with Gasteiger partial charge in [-0.2, -0.15) is 0 Å². The molecule has 3 heterocycles. The van der Waals surface area contributed by atoms with Gasteiger partial charge >= 0.3 is 0 Å². The molecule has 2 fully saturated rings. The lowest BCUT2D eigenvalue weighted by molar-refractivity contribution is 0.0622. The number of rotatable bonds is 2. The lowest BCUT2D eigenvalue weighted by Crippen LogP contribution is -2.49. The van der Waals surface area contributed by atoms with Gasteiger partial charge in [0.15, 0.2) is 0 Å². The smallest absolute Gasteiger partial charge is 0.264 e. The highest BCUT2D eigenvalue weighted by molar-refractivity contribution is 7.12. The minimum absolute atomic E-state index is 0.123. The maximum absolute atomic E-state index is 13.8. The largest absolute Gasteiger partial charge is 0.364 e. The second kappa shape index (κ2) is 6.08. The lowest BCUT2D eigenvalue weighted by Gasteiger charge is -2.35. The van der Waals surface area contributed by atoms with Crippen LogP contribution in [0.2, 0.25) is 0 Å². The molecule has 26 heavy (non-hydrogen) atoms. The summed E-state index contributed by atoms with van der Waals surface area (Å²) >= 11 is 1.53. The van der Waals surface area contributed by atoms with Gasteiger partial charge in [0, 0.05) is 24.3 Å². The number of thiophene rings is 1. The molecule has 1 aromatic carbocycles. The SMILES string of the molecule is Cc1csc(C(=O)N2CCCC23CN(c2cccc(F)c2)C(C)(C)C3)c1. The Kier molecular flexibility index (Phi) is 4.10. The van der Waals surface area contributed by atoms with Crippen LogP contribution < -0.4 is 4.90 Å². The zero-order chi connectivity index (χ0) is 18.5. The van der Waals surface area contributed by atoms with Crippen molar-refractivity contribution in [2.45, 2.75) is 51.1 Å². The van der Waals surface area contributed by atoms with E-state index in [9.17, 15) is 9.18 Å². The Bertz CT molecular complexity index is 846. The fraction of sp³-hybridized carbons (Fsp3) is 0.476. The molecule has 2 aliphatic rings. The van der Waals surface area contributed by atoms with Crippen molar-refractivity contribution < 1.29 is 9.18 Å². The summed E-state index contributed by atoms with van der Waals surface area (Å²) in [6, 6.07) is 8.80. The Labute approximate surface area is 158 Å². The van der Waals surface area contributed by atoms with Crippen LogP contribution in [-0.4, -0.2) is 35.0 Å². The van der Waals surface area contributed by atoms with Gasteiger partial charge in [0.1, 0.15) is 5.82 Å². The number of halogens is 1. The average Bonchev–Trinajstić information content (AvgIpc) is 3.25. The minimum Gasteiger partial charge on any atom is -0.364 e. The predicted molar refractivity (Wildman–Crippen MR) is 104 cm³/mol. The summed E-state index contributed by atoms with van der Waals surface area (Å²) in [4.78, 5) is 18.4. The Morgan fingerprint density at radius 2 is 2.08 bits per heavy atom. The van der Waals surface area contributed by atoms with E-state index >= 15 is 0 Å². The third kappa shape index (κ3) is 2.82. The first-order chi connectivity index (χ1) is 12.3. The van der Waals surface area contributed by atoms with Crippen molar-refractivity contribution in [1.29, 1.82) is 0 Å². The highest BCUT2D eigenvalue weighted by atomic mass is 32.1. The van der Waals surface area contributed by atoms with Gasteiger partial charge in [-0.1, -0.05) is 6.07 Å². The summed E-state index contributed by atoms with van der Waals surface area (Å²) in [5.74, 6) is -0.0647. The molecule has 4 rings (SSSR count). The molecule has 0 N–H and O–H groups in total. The van der Waals surface area contributed by atoms with E-state index in [1.165, 1.54) is 17.4 Å². The van der Waals surface area contributed by atoms with Crippen LogP contribution in [0, 0.1) is 12.7 Å². The maximum Gasteiger partial charge on any atom is 0.264 e. The van der Waals surface area contributed by atoms with Gasteiger partial charge in [-0.05, 0) is 75.2 Å². The van der Waals surface area contributed by atoms with Gasteiger partial charge in [-0.25, -0.2) is 4.39 Å². The molecule has 0 aliphatic carbocycles. The number of carbonyl (C=O) groups excluding carboxylic acids is 1. The third-order valence-corrected chi connectivity index (χ3v) is 6.88. The average molecular weight is 373 g/mol. The van der Waals surface area contributed by atoms with E-state index in [-0.39, 0.29) is 22.8 Å². The number of nitrogens with zero attached hydrogens (tertiary/aromatic N) is 2. The molecule has 0 bridgehead atoms. The van der Waals surface area contributed by atoms with Gasteiger partial charge < -0.3 is 9.80 Å². The van der Waals surface area contributed by atoms with Crippen LogP contribution in [0.5, 0.6) is 0 Å². The second-order valence-corrected chi connectivity index (χ2v) is 9.24. The zero-order valence-corrected chi connectivity index (χ0v) is 16.4. The number of aryl methyl sites for hydroxylation is 1. The molecule has 138 valence electrons. The van der Waals surface area contributed by atoms with Crippen molar-refractivity contribution in [3.05, 3.63) is 52.0 Å². The van der Waals surface area contributed by atoms with E-state index in [0.717, 1.165) is 48.5 Å². The number of hydrogen-bond donors (Lipinski definition) is 0. The van der Waals surface area contributed by atoms with Crippen LogP contribution in [0.4, 0.5) is 10.1 Å². The number of carbonyl (C=O) groups is 1. The van der Waals surface area contributed by atoms with E-state index < -0.39 is 0 Å².